The zero-order chi connectivity index (χ0) is 10.6. The number of hydrogen-bond acceptors (Lipinski definition) is 3. The molecule has 0 spiro atoms. The van der Waals surface area contributed by atoms with Gasteiger partial charge in [-0.25, -0.2) is 4.98 Å². The minimum absolute atomic E-state index is 0.0611. The van der Waals surface area contributed by atoms with Gasteiger partial charge in [0.15, 0.2) is 0 Å². The standard InChI is InChI=1S/C11H18N2O/c1-4-5-13(3)11-9(2)6-10(8-14)7-12-11/h6-7,14H,4-5,8H2,1-3H3. The number of aliphatic hydroxyl groups is 1. The van der Waals surface area contributed by atoms with Crippen LogP contribution in [-0.4, -0.2) is 23.7 Å². The predicted octanol–water partition coefficient (Wildman–Crippen LogP) is 1.73. The summed E-state index contributed by atoms with van der Waals surface area (Å²) in [6.45, 7) is 5.24. The van der Waals surface area contributed by atoms with Gasteiger partial charge in [0.1, 0.15) is 5.82 Å². The van der Waals surface area contributed by atoms with Crippen LogP contribution >= 0.6 is 0 Å². The van der Waals surface area contributed by atoms with Gasteiger partial charge in [-0.05, 0) is 30.5 Å². The third-order valence-electron chi connectivity index (χ3n) is 2.21. The first kappa shape index (κ1) is 11.0. The highest BCUT2D eigenvalue weighted by molar-refractivity contribution is 5.46. The van der Waals surface area contributed by atoms with Gasteiger partial charge in [0.25, 0.3) is 0 Å². The van der Waals surface area contributed by atoms with E-state index in [1.54, 1.807) is 6.20 Å². The van der Waals surface area contributed by atoms with E-state index in [1.807, 2.05) is 20.0 Å². The molecular weight excluding hydrogens is 176 g/mol. The first-order chi connectivity index (χ1) is 6.69. The lowest BCUT2D eigenvalue weighted by molar-refractivity contribution is 0.281. The molecule has 0 aliphatic heterocycles. The molecule has 1 aromatic heterocycles. The van der Waals surface area contributed by atoms with Crippen molar-refractivity contribution in [3.63, 3.8) is 0 Å². The molecule has 0 atom stereocenters. The van der Waals surface area contributed by atoms with Crippen LogP contribution < -0.4 is 4.90 Å². The SMILES string of the molecule is CCCN(C)c1ncc(CO)cc1C. The molecule has 1 heterocycles. The van der Waals surface area contributed by atoms with Gasteiger partial charge >= 0.3 is 0 Å². The molecule has 0 bridgehead atoms. The number of hydrogen-bond donors (Lipinski definition) is 1. The summed E-state index contributed by atoms with van der Waals surface area (Å²) in [5.74, 6) is 1.00. The Morgan fingerprint density at radius 2 is 2.21 bits per heavy atom. The van der Waals surface area contributed by atoms with Gasteiger partial charge < -0.3 is 10.0 Å². The summed E-state index contributed by atoms with van der Waals surface area (Å²) in [7, 11) is 2.04. The van der Waals surface area contributed by atoms with Crippen molar-refractivity contribution in [1.82, 2.24) is 4.98 Å². The summed E-state index contributed by atoms with van der Waals surface area (Å²) in [6, 6.07) is 1.98. The molecule has 3 nitrogen and oxygen atoms in total. The normalized spacial score (nSPS) is 10.3. The molecule has 1 rings (SSSR count). The summed E-state index contributed by atoms with van der Waals surface area (Å²) in [6.07, 6.45) is 2.84. The van der Waals surface area contributed by atoms with Gasteiger partial charge in [0.05, 0.1) is 6.61 Å². The van der Waals surface area contributed by atoms with Crippen molar-refractivity contribution in [2.75, 3.05) is 18.5 Å². The molecule has 0 aliphatic rings. The van der Waals surface area contributed by atoms with Crippen LogP contribution in [0.5, 0.6) is 0 Å². The second-order valence-corrected chi connectivity index (χ2v) is 3.56. The molecule has 0 unspecified atom stereocenters. The lowest BCUT2D eigenvalue weighted by Gasteiger charge is -2.19. The Morgan fingerprint density at radius 1 is 1.50 bits per heavy atom. The van der Waals surface area contributed by atoms with Gasteiger partial charge in [-0.1, -0.05) is 6.92 Å². The Balaban J connectivity index is 2.88. The second-order valence-electron chi connectivity index (χ2n) is 3.56. The summed E-state index contributed by atoms with van der Waals surface area (Å²) in [5, 5.41) is 8.94. The molecule has 0 aliphatic carbocycles. The quantitative estimate of drug-likeness (QED) is 0.793. The monoisotopic (exact) mass is 194 g/mol. The van der Waals surface area contributed by atoms with E-state index in [4.69, 9.17) is 5.11 Å². The van der Waals surface area contributed by atoms with Gasteiger partial charge in [-0.15, -0.1) is 0 Å². The van der Waals surface area contributed by atoms with E-state index in [0.29, 0.717) is 0 Å². The number of nitrogens with zero attached hydrogens (tertiary/aromatic N) is 2. The van der Waals surface area contributed by atoms with E-state index >= 15 is 0 Å². The number of anilines is 1. The molecule has 0 fully saturated rings. The number of aliphatic hydroxyl groups excluding tert-OH is 1. The third-order valence-corrected chi connectivity index (χ3v) is 2.21. The zero-order valence-corrected chi connectivity index (χ0v) is 9.12. The third kappa shape index (κ3) is 2.45. The van der Waals surface area contributed by atoms with Gasteiger partial charge in [0.2, 0.25) is 0 Å². The van der Waals surface area contributed by atoms with Crippen molar-refractivity contribution in [1.29, 1.82) is 0 Å². The Kier molecular flexibility index (Phi) is 3.89. The molecule has 0 amide bonds. The van der Waals surface area contributed by atoms with Crippen LogP contribution in [0.1, 0.15) is 24.5 Å². The highest BCUT2D eigenvalue weighted by atomic mass is 16.3. The molecular formula is C11H18N2O. The predicted molar refractivity (Wildman–Crippen MR) is 58.5 cm³/mol. The van der Waals surface area contributed by atoms with Crippen LogP contribution in [-0.2, 0) is 6.61 Å². The van der Waals surface area contributed by atoms with Crippen LogP contribution in [0.4, 0.5) is 5.82 Å². The molecule has 1 aromatic rings. The van der Waals surface area contributed by atoms with Crippen molar-refractivity contribution in [3.8, 4) is 0 Å². The van der Waals surface area contributed by atoms with E-state index in [-0.39, 0.29) is 6.61 Å². The van der Waals surface area contributed by atoms with Crippen molar-refractivity contribution in [2.45, 2.75) is 26.9 Å². The molecule has 0 saturated carbocycles. The average Bonchev–Trinajstić information content (AvgIpc) is 2.17. The average molecular weight is 194 g/mol. The molecule has 0 radical (unpaired) electrons. The summed E-state index contributed by atoms with van der Waals surface area (Å²) in [4.78, 5) is 6.47. The zero-order valence-electron chi connectivity index (χ0n) is 9.12. The van der Waals surface area contributed by atoms with Crippen LogP contribution in [0, 0.1) is 6.92 Å². The van der Waals surface area contributed by atoms with E-state index in [1.165, 1.54) is 0 Å². The topological polar surface area (TPSA) is 36.4 Å². The van der Waals surface area contributed by atoms with Gasteiger partial charge in [-0.3, -0.25) is 0 Å². The second kappa shape index (κ2) is 4.96. The van der Waals surface area contributed by atoms with Crippen molar-refractivity contribution < 1.29 is 5.11 Å². The Morgan fingerprint density at radius 3 is 2.71 bits per heavy atom. The fraction of sp³-hybridized carbons (Fsp3) is 0.545. The first-order valence-corrected chi connectivity index (χ1v) is 4.96. The number of pyridine rings is 1. The van der Waals surface area contributed by atoms with Crippen LogP contribution in [0.25, 0.3) is 0 Å². The maximum atomic E-state index is 8.94. The molecule has 14 heavy (non-hydrogen) atoms. The number of rotatable bonds is 4. The summed E-state index contributed by atoms with van der Waals surface area (Å²) >= 11 is 0. The minimum atomic E-state index is 0.0611. The van der Waals surface area contributed by atoms with Crippen molar-refractivity contribution in [2.24, 2.45) is 0 Å². The lowest BCUT2D eigenvalue weighted by Crippen LogP contribution is -2.20. The molecule has 0 saturated heterocycles. The Hall–Kier alpha value is -1.09. The Labute approximate surface area is 85.4 Å². The molecule has 1 N–H and O–H groups in total. The Bertz CT molecular complexity index is 299. The number of aromatic nitrogens is 1. The van der Waals surface area contributed by atoms with E-state index in [2.05, 4.69) is 16.8 Å². The smallest absolute Gasteiger partial charge is 0.131 e. The van der Waals surface area contributed by atoms with Crippen LogP contribution in [0.3, 0.4) is 0 Å². The maximum Gasteiger partial charge on any atom is 0.131 e. The van der Waals surface area contributed by atoms with Gasteiger partial charge in [0, 0.05) is 19.8 Å². The van der Waals surface area contributed by atoms with Gasteiger partial charge in [-0.2, -0.15) is 0 Å². The van der Waals surface area contributed by atoms with Crippen LogP contribution in [0.2, 0.25) is 0 Å². The molecule has 0 aromatic carbocycles. The minimum Gasteiger partial charge on any atom is -0.392 e. The van der Waals surface area contributed by atoms with E-state index in [9.17, 15) is 0 Å². The lowest BCUT2D eigenvalue weighted by atomic mass is 10.2. The van der Waals surface area contributed by atoms with E-state index in [0.717, 1.165) is 29.9 Å². The van der Waals surface area contributed by atoms with Crippen LogP contribution in [0.15, 0.2) is 12.3 Å². The molecule has 78 valence electrons. The van der Waals surface area contributed by atoms with Crippen molar-refractivity contribution in [3.05, 3.63) is 23.4 Å². The largest absolute Gasteiger partial charge is 0.392 e. The van der Waals surface area contributed by atoms with Crippen molar-refractivity contribution >= 4 is 5.82 Å². The van der Waals surface area contributed by atoms with E-state index < -0.39 is 0 Å². The first-order valence-electron chi connectivity index (χ1n) is 4.96. The highest BCUT2D eigenvalue weighted by Crippen LogP contribution is 2.16. The summed E-state index contributed by atoms with van der Waals surface area (Å²) < 4.78 is 0. The fourth-order valence-electron chi connectivity index (χ4n) is 1.55. The molecule has 3 heteroatoms. The summed E-state index contributed by atoms with van der Waals surface area (Å²) in [5.41, 5.74) is 1.99. The maximum absolute atomic E-state index is 8.94. The fourth-order valence-corrected chi connectivity index (χ4v) is 1.55. The number of aryl methyl sites for hydroxylation is 1. The highest BCUT2D eigenvalue weighted by Gasteiger charge is 2.05.